The number of aromatic nitrogens is 1. The SMILES string of the molecule is CSCCC(C)Nc1cc(C(=O)O)c([N+](=O)[O-])cn1. The number of nitro groups is 1. The Bertz CT molecular complexity index is 481. The zero-order chi connectivity index (χ0) is 14.4. The second-order valence-corrected chi connectivity index (χ2v) is 4.96. The maximum absolute atomic E-state index is 11.0. The average Bonchev–Trinajstić information content (AvgIpc) is 2.35. The summed E-state index contributed by atoms with van der Waals surface area (Å²) in [7, 11) is 0. The Morgan fingerprint density at radius 1 is 1.68 bits per heavy atom. The maximum Gasteiger partial charge on any atom is 0.342 e. The van der Waals surface area contributed by atoms with Crippen molar-refractivity contribution in [3.63, 3.8) is 0 Å². The highest BCUT2D eigenvalue weighted by Gasteiger charge is 2.21. The zero-order valence-corrected chi connectivity index (χ0v) is 11.4. The highest BCUT2D eigenvalue weighted by atomic mass is 32.2. The summed E-state index contributed by atoms with van der Waals surface area (Å²) in [6.45, 7) is 1.94. The molecule has 0 amide bonds. The van der Waals surface area contributed by atoms with Crippen molar-refractivity contribution in [2.75, 3.05) is 17.3 Å². The second-order valence-electron chi connectivity index (χ2n) is 3.98. The van der Waals surface area contributed by atoms with Crippen LogP contribution in [0, 0.1) is 10.1 Å². The predicted octanol–water partition coefficient (Wildman–Crippen LogP) is 2.24. The van der Waals surface area contributed by atoms with Gasteiger partial charge in [-0.25, -0.2) is 9.78 Å². The Morgan fingerprint density at radius 3 is 2.89 bits per heavy atom. The molecule has 0 bridgehead atoms. The van der Waals surface area contributed by atoms with E-state index in [9.17, 15) is 14.9 Å². The molecule has 1 unspecified atom stereocenters. The molecule has 0 aliphatic heterocycles. The van der Waals surface area contributed by atoms with Crippen molar-refractivity contribution in [3.05, 3.63) is 27.9 Å². The third-order valence-corrected chi connectivity index (χ3v) is 3.10. The Kier molecular flexibility index (Phi) is 5.56. The van der Waals surface area contributed by atoms with Gasteiger partial charge >= 0.3 is 11.7 Å². The minimum atomic E-state index is -1.34. The molecule has 0 aromatic carbocycles. The van der Waals surface area contributed by atoms with Crippen molar-refractivity contribution in [1.82, 2.24) is 4.98 Å². The summed E-state index contributed by atoms with van der Waals surface area (Å²) in [5.41, 5.74) is -0.866. The third-order valence-electron chi connectivity index (χ3n) is 2.46. The fourth-order valence-corrected chi connectivity index (χ4v) is 2.05. The number of carbonyl (C=O) groups is 1. The molecule has 0 fully saturated rings. The number of rotatable bonds is 7. The molecule has 1 aromatic heterocycles. The first kappa shape index (κ1) is 15.2. The molecule has 0 radical (unpaired) electrons. The normalized spacial score (nSPS) is 11.9. The highest BCUT2D eigenvalue weighted by molar-refractivity contribution is 7.98. The van der Waals surface area contributed by atoms with Gasteiger partial charge in [0, 0.05) is 12.1 Å². The van der Waals surface area contributed by atoms with Gasteiger partial charge in [0.15, 0.2) is 0 Å². The smallest absolute Gasteiger partial charge is 0.342 e. The zero-order valence-electron chi connectivity index (χ0n) is 10.6. The van der Waals surface area contributed by atoms with Crippen molar-refractivity contribution in [2.24, 2.45) is 0 Å². The maximum atomic E-state index is 11.0. The Hall–Kier alpha value is -1.83. The standard InChI is InChI=1S/C11H15N3O4S/c1-7(3-4-19-2)13-10-5-8(11(15)16)9(6-12-10)14(17)18/h5-7H,3-4H2,1-2H3,(H,12,13)(H,15,16). The van der Waals surface area contributed by atoms with E-state index in [2.05, 4.69) is 10.3 Å². The predicted molar refractivity (Wildman–Crippen MR) is 73.9 cm³/mol. The lowest BCUT2D eigenvalue weighted by Gasteiger charge is -2.13. The van der Waals surface area contributed by atoms with E-state index in [-0.39, 0.29) is 11.6 Å². The molecule has 1 heterocycles. The minimum Gasteiger partial charge on any atom is -0.477 e. The number of carboxylic acids is 1. The number of carboxylic acid groups (broad SMARTS) is 1. The lowest BCUT2D eigenvalue weighted by Crippen LogP contribution is -2.17. The van der Waals surface area contributed by atoms with Crippen molar-refractivity contribution in [1.29, 1.82) is 0 Å². The highest BCUT2D eigenvalue weighted by Crippen LogP contribution is 2.21. The van der Waals surface area contributed by atoms with Crippen LogP contribution in [0.2, 0.25) is 0 Å². The van der Waals surface area contributed by atoms with E-state index in [0.29, 0.717) is 5.82 Å². The first-order chi connectivity index (χ1) is 8.95. The van der Waals surface area contributed by atoms with E-state index in [4.69, 9.17) is 5.11 Å². The van der Waals surface area contributed by atoms with Crippen molar-refractivity contribution in [2.45, 2.75) is 19.4 Å². The second kappa shape index (κ2) is 6.93. The summed E-state index contributed by atoms with van der Waals surface area (Å²) in [5.74, 6) is -0.0436. The lowest BCUT2D eigenvalue weighted by molar-refractivity contribution is -0.385. The van der Waals surface area contributed by atoms with Gasteiger partial charge in [-0.3, -0.25) is 10.1 Å². The minimum absolute atomic E-state index is 0.114. The quantitative estimate of drug-likeness (QED) is 0.584. The van der Waals surface area contributed by atoms with Crippen LogP contribution in [0.25, 0.3) is 0 Å². The fraction of sp³-hybridized carbons (Fsp3) is 0.455. The van der Waals surface area contributed by atoms with Crippen molar-refractivity contribution in [3.8, 4) is 0 Å². The van der Waals surface area contributed by atoms with Gasteiger partial charge in [0.05, 0.1) is 4.92 Å². The first-order valence-electron chi connectivity index (χ1n) is 5.59. The first-order valence-corrected chi connectivity index (χ1v) is 6.98. The summed E-state index contributed by atoms with van der Waals surface area (Å²) in [5, 5.41) is 22.7. The fourth-order valence-electron chi connectivity index (χ4n) is 1.46. The molecular weight excluding hydrogens is 270 g/mol. The van der Waals surface area contributed by atoms with Crippen molar-refractivity contribution >= 4 is 29.2 Å². The van der Waals surface area contributed by atoms with Crippen LogP contribution in [0.15, 0.2) is 12.3 Å². The number of hydrogen-bond acceptors (Lipinski definition) is 6. The summed E-state index contributed by atoms with van der Waals surface area (Å²) in [6.07, 6.45) is 3.86. The molecule has 0 aliphatic rings. The summed E-state index contributed by atoms with van der Waals surface area (Å²) < 4.78 is 0. The largest absolute Gasteiger partial charge is 0.477 e. The molecule has 0 saturated heterocycles. The van der Waals surface area contributed by atoms with Gasteiger partial charge in [0.1, 0.15) is 17.6 Å². The molecular formula is C11H15N3O4S. The third kappa shape index (κ3) is 4.40. The Morgan fingerprint density at radius 2 is 2.37 bits per heavy atom. The molecule has 1 aromatic rings. The van der Waals surface area contributed by atoms with Crippen LogP contribution < -0.4 is 5.32 Å². The number of aromatic carboxylic acids is 1. The van der Waals surface area contributed by atoms with E-state index in [0.717, 1.165) is 18.4 Å². The summed E-state index contributed by atoms with van der Waals surface area (Å²) >= 11 is 1.71. The number of anilines is 1. The average molecular weight is 285 g/mol. The van der Waals surface area contributed by atoms with Gasteiger partial charge in [-0.15, -0.1) is 0 Å². The van der Waals surface area contributed by atoms with Gasteiger partial charge in [0.2, 0.25) is 0 Å². The number of nitrogens with zero attached hydrogens (tertiary/aromatic N) is 2. The molecule has 1 rings (SSSR count). The van der Waals surface area contributed by atoms with Crippen LogP contribution in [-0.2, 0) is 0 Å². The number of thioether (sulfide) groups is 1. The lowest BCUT2D eigenvalue weighted by atomic mass is 10.2. The summed E-state index contributed by atoms with van der Waals surface area (Å²) in [4.78, 5) is 24.8. The van der Waals surface area contributed by atoms with Gasteiger partial charge in [0.25, 0.3) is 0 Å². The van der Waals surface area contributed by atoms with Crippen LogP contribution in [0.1, 0.15) is 23.7 Å². The monoisotopic (exact) mass is 285 g/mol. The van der Waals surface area contributed by atoms with E-state index in [1.165, 1.54) is 6.07 Å². The van der Waals surface area contributed by atoms with Crippen LogP contribution in [0.4, 0.5) is 11.5 Å². The molecule has 104 valence electrons. The molecule has 0 spiro atoms. The van der Waals surface area contributed by atoms with Crippen LogP contribution in [-0.4, -0.2) is 39.0 Å². The molecule has 1 atom stereocenters. The summed E-state index contributed by atoms with van der Waals surface area (Å²) in [6, 6.07) is 1.30. The molecule has 2 N–H and O–H groups in total. The Labute approximate surface area is 114 Å². The topological polar surface area (TPSA) is 105 Å². The van der Waals surface area contributed by atoms with Crippen LogP contribution >= 0.6 is 11.8 Å². The number of nitrogens with one attached hydrogen (secondary N) is 1. The van der Waals surface area contributed by atoms with E-state index in [1.54, 1.807) is 11.8 Å². The Balaban J connectivity index is 2.90. The van der Waals surface area contributed by atoms with E-state index < -0.39 is 16.6 Å². The molecule has 0 saturated carbocycles. The van der Waals surface area contributed by atoms with E-state index >= 15 is 0 Å². The molecule has 0 aliphatic carbocycles. The van der Waals surface area contributed by atoms with E-state index in [1.807, 2.05) is 13.2 Å². The van der Waals surface area contributed by atoms with Crippen molar-refractivity contribution < 1.29 is 14.8 Å². The van der Waals surface area contributed by atoms with Crippen LogP contribution in [0.5, 0.6) is 0 Å². The molecule has 19 heavy (non-hydrogen) atoms. The molecule has 7 nitrogen and oxygen atoms in total. The number of pyridine rings is 1. The van der Waals surface area contributed by atoms with Gasteiger partial charge in [-0.05, 0) is 25.4 Å². The molecule has 8 heteroatoms. The van der Waals surface area contributed by atoms with Crippen LogP contribution in [0.3, 0.4) is 0 Å². The van der Waals surface area contributed by atoms with Gasteiger partial charge < -0.3 is 10.4 Å². The van der Waals surface area contributed by atoms with Gasteiger partial charge in [-0.2, -0.15) is 11.8 Å². The van der Waals surface area contributed by atoms with Gasteiger partial charge in [-0.1, -0.05) is 0 Å². The number of hydrogen-bond donors (Lipinski definition) is 2.